The Kier molecular flexibility index (Phi) is 2.52. The lowest BCUT2D eigenvalue weighted by Gasteiger charge is -2.16. The maximum absolute atomic E-state index is 10.0. The minimum Gasteiger partial charge on any atom is -0.388 e. The first kappa shape index (κ1) is 11.3. The Hall–Kier alpha value is -1.55. The van der Waals surface area contributed by atoms with E-state index in [1.807, 2.05) is 12.5 Å². The van der Waals surface area contributed by atoms with Crippen molar-refractivity contribution in [1.82, 2.24) is 14.1 Å². The molecule has 0 spiro atoms. The van der Waals surface area contributed by atoms with E-state index in [2.05, 4.69) is 26.5 Å². The molecule has 100 valence electrons. The zero-order valence-electron chi connectivity index (χ0n) is 11.0. The molecule has 0 amide bonds. The SMILES string of the molecule is OC1CCCc2cn(Cc3cncn3C3CC3)cc21. The van der Waals surface area contributed by atoms with Gasteiger partial charge in [0.15, 0.2) is 0 Å². The lowest BCUT2D eigenvalue weighted by molar-refractivity contribution is 0.157. The largest absolute Gasteiger partial charge is 0.388 e. The Morgan fingerprint density at radius 1 is 1.26 bits per heavy atom. The second kappa shape index (κ2) is 4.23. The highest BCUT2D eigenvalue weighted by Crippen LogP contribution is 2.36. The molecule has 1 saturated carbocycles. The fraction of sp³-hybridized carbons (Fsp3) is 0.533. The summed E-state index contributed by atoms with van der Waals surface area (Å²) >= 11 is 0. The molecule has 2 aromatic heterocycles. The van der Waals surface area contributed by atoms with Crippen LogP contribution in [0.25, 0.3) is 0 Å². The number of fused-ring (bicyclic) bond motifs is 1. The van der Waals surface area contributed by atoms with Gasteiger partial charge < -0.3 is 14.2 Å². The lowest BCUT2D eigenvalue weighted by Crippen LogP contribution is -2.06. The predicted octanol–water partition coefficient (Wildman–Crippen LogP) is 2.44. The van der Waals surface area contributed by atoms with Crippen LogP contribution in [0, 0.1) is 0 Å². The molecule has 1 fully saturated rings. The van der Waals surface area contributed by atoms with Crippen LogP contribution in [0.3, 0.4) is 0 Å². The normalized spacial score (nSPS) is 22.5. The molecule has 0 aliphatic heterocycles. The van der Waals surface area contributed by atoms with Gasteiger partial charge in [-0.3, -0.25) is 0 Å². The molecule has 19 heavy (non-hydrogen) atoms. The number of hydrogen-bond acceptors (Lipinski definition) is 2. The summed E-state index contributed by atoms with van der Waals surface area (Å²) in [6.07, 6.45) is 13.6. The van der Waals surface area contributed by atoms with Crippen LogP contribution in [0.15, 0.2) is 24.9 Å². The summed E-state index contributed by atoms with van der Waals surface area (Å²) in [6, 6.07) is 0.674. The van der Waals surface area contributed by atoms with E-state index in [4.69, 9.17) is 0 Å². The lowest BCUT2D eigenvalue weighted by atomic mass is 9.93. The number of aryl methyl sites for hydroxylation is 1. The molecular formula is C15H19N3O. The summed E-state index contributed by atoms with van der Waals surface area (Å²) in [5.41, 5.74) is 3.71. The number of hydrogen-bond donors (Lipinski definition) is 1. The van der Waals surface area contributed by atoms with E-state index in [0.29, 0.717) is 6.04 Å². The van der Waals surface area contributed by atoms with E-state index in [-0.39, 0.29) is 6.10 Å². The van der Waals surface area contributed by atoms with Crippen LogP contribution in [-0.4, -0.2) is 19.2 Å². The zero-order valence-corrected chi connectivity index (χ0v) is 11.0. The Morgan fingerprint density at radius 3 is 2.95 bits per heavy atom. The fourth-order valence-electron chi connectivity index (χ4n) is 3.14. The molecular weight excluding hydrogens is 238 g/mol. The van der Waals surface area contributed by atoms with E-state index in [0.717, 1.165) is 31.4 Å². The van der Waals surface area contributed by atoms with Gasteiger partial charge in [0, 0.05) is 30.2 Å². The van der Waals surface area contributed by atoms with Gasteiger partial charge in [0.2, 0.25) is 0 Å². The Bertz CT molecular complexity index is 594. The van der Waals surface area contributed by atoms with Gasteiger partial charge in [-0.05, 0) is 37.7 Å². The van der Waals surface area contributed by atoms with E-state index < -0.39 is 0 Å². The molecule has 1 atom stereocenters. The summed E-state index contributed by atoms with van der Waals surface area (Å²) in [5, 5.41) is 10.0. The van der Waals surface area contributed by atoms with Crippen molar-refractivity contribution in [2.75, 3.05) is 0 Å². The van der Waals surface area contributed by atoms with Crippen molar-refractivity contribution in [2.24, 2.45) is 0 Å². The summed E-state index contributed by atoms with van der Waals surface area (Å²) in [5.74, 6) is 0. The standard InChI is InChI=1S/C15H19N3O/c19-15-3-1-2-11-7-17(9-14(11)15)8-13-6-16-10-18(13)12-4-5-12/h6-7,9-10,12,15,19H,1-5,8H2. The van der Waals surface area contributed by atoms with Crippen molar-refractivity contribution in [3.8, 4) is 0 Å². The Morgan fingerprint density at radius 2 is 2.16 bits per heavy atom. The van der Waals surface area contributed by atoms with Crippen LogP contribution in [0.2, 0.25) is 0 Å². The summed E-state index contributed by atoms with van der Waals surface area (Å²) < 4.78 is 4.50. The van der Waals surface area contributed by atoms with Crippen LogP contribution in [0.5, 0.6) is 0 Å². The predicted molar refractivity (Wildman–Crippen MR) is 71.9 cm³/mol. The average Bonchev–Trinajstić information content (AvgIpc) is 2.99. The highest BCUT2D eigenvalue weighted by Gasteiger charge is 2.25. The van der Waals surface area contributed by atoms with Gasteiger partial charge in [0.25, 0.3) is 0 Å². The molecule has 0 radical (unpaired) electrons. The van der Waals surface area contributed by atoms with Gasteiger partial charge in [0.05, 0.1) is 24.7 Å². The van der Waals surface area contributed by atoms with Crippen LogP contribution in [0.4, 0.5) is 0 Å². The van der Waals surface area contributed by atoms with Crippen molar-refractivity contribution < 1.29 is 5.11 Å². The minimum atomic E-state index is -0.265. The number of aliphatic hydroxyl groups excluding tert-OH is 1. The third kappa shape index (κ3) is 2.00. The number of rotatable bonds is 3. The average molecular weight is 257 g/mol. The molecule has 0 aromatic carbocycles. The van der Waals surface area contributed by atoms with E-state index >= 15 is 0 Å². The second-order valence-electron chi connectivity index (χ2n) is 5.84. The van der Waals surface area contributed by atoms with Crippen molar-refractivity contribution in [2.45, 2.75) is 50.8 Å². The van der Waals surface area contributed by atoms with Crippen LogP contribution >= 0.6 is 0 Å². The molecule has 2 heterocycles. The number of nitrogens with zero attached hydrogens (tertiary/aromatic N) is 3. The Balaban J connectivity index is 1.61. The van der Waals surface area contributed by atoms with E-state index in [1.165, 1.54) is 24.1 Å². The van der Waals surface area contributed by atoms with Crippen LogP contribution in [0.1, 0.15) is 54.6 Å². The van der Waals surface area contributed by atoms with Gasteiger partial charge in [-0.1, -0.05) is 0 Å². The molecule has 2 aliphatic rings. The molecule has 2 aromatic rings. The Labute approximate surface area is 112 Å². The number of imidazole rings is 1. The van der Waals surface area contributed by atoms with Gasteiger partial charge in [0.1, 0.15) is 0 Å². The minimum absolute atomic E-state index is 0.265. The maximum Gasteiger partial charge on any atom is 0.0951 e. The van der Waals surface area contributed by atoms with Gasteiger partial charge >= 0.3 is 0 Å². The monoisotopic (exact) mass is 257 g/mol. The molecule has 4 nitrogen and oxygen atoms in total. The summed E-state index contributed by atoms with van der Waals surface area (Å²) in [4.78, 5) is 4.28. The molecule has 4 heteroatoms. The van der Waals surface area contributed by atoms with E-state index in [1.54, 1.807) is 0 Å². The molecule has 1 N–H and O–H groups in total. The number of aliphatic hydroxyl groups is 1. The third-order valence-electron chi connectivity index (χ3n) is 4.31. The molecule has 0 bridgehead atoms. The van der Waals surface area contributed by atoms with Crippen molar-refractivity contribution >= 4 is 0 Å². The zero-order chi connectivity index (χ0) is 12.8. The summed E-state index contributed by atoms with van der Waals surface area (Å²) in [6.45, 7) is 0.857. The highest BCUT2D eigenvalue weighted by molar-refractivity contribution is 5.29. The first-order valence-electron chi connectivity index (χ1n) is 7.18. The maximum atomic E-state index is 10.0. The van der Waals surface area contributed by atoms with E-state index in [9.17, 15) is 5.11 Å². The quantitative estimate of drug-likeness (QED) is 0.917. The smallest absolute Gasteiger partial charge is 0.0951 e. The van der Waals surface area contributed by atoms with Gasteiger partial charge in [-0.2, -0.15) is 0 Å². The summed E-state index contributed by atoms with van der Waals surface area (Å²) in [7, 11) is 0. The van der Waals surface area contributed by atoms with Gasteiger partial charge in [-0.15, -0.1) is 0 Å². The first-order chi connectivity index (χ1) is 9.31. The molecule has 1 unspecified atom stereocenters. The fourth-order valence-corrected chi connectivity index (χ4v) is 3.14. The topological polar surface area (TPSA) is 43.0 Å². The van der Waals surface area contributed by atoms with Crippen LogP contribution in [-0.2, 0) is 13.0 Å². The number of aromatic nitrogens is 3. The molecule has 4 rings (SSSR count). The van der Waals surface area contributed by atoms with Crippen molar-refractivity contribution in [3.63, 3.8) is 0 Å². The van der Waals surface area contributed by atoms with Crippen molar-refractivity contribution in [1.29, 1.82) is 0 Å². The third-order valence-corrected chi connectivity index (χ3v) is 4.31. The first-order valence-corrected chi connectivity index (χ1v) is 7.18. The van der Waals surface area contributed by atoms with Crippen molar-refractivity contribution in [3.05, 3.63) is 41.7 Å². The second-order valence-corrected chi connectivity index (χ2v) is 5.84. The van der Waals surface area contributed by atoms with Gasteiger partial charge in [-0.25, -0.2) is 4.98 Å². The highest BCUT2D eigenvalue weighted by atomic mass is 16.3. The van der Waals surface area contributed by atoms with Crippen LogP contribution < -0.4 is 0 Å². The molecule has 0 saturated heterocycles. The molecule has 2 aliphatic carbocycles.